The lowest BCUT2D eigenvalue weighted by molar-refractivity contribution is 0.474. The zero-order valence-corrected chi connectivity index (χ0v) is 14.4. The largest absolute Gasteiger partial charge is 0.423 e. The van der Waals surface area contributed by atoms with E-state index in [2.05, 4.69) is 22.4 Å². The van der Waals surface area contributed by atoms with Gasteiger partial charge in [0.2, 0.25) is 0 Å². The van der Waals surface area contributed by atoms with Gasteiger partial charge < -0.3 is 14.3 Å². The van der Waals surface area contributed by atoms with E-state index in [1.807, 2.05) is 23.6 Å². The molecule has 0 radical (unpaired) electrons. The fourth-order valence-corrected chi connectivity index (χ4v) is 2.98. The van der Waals surface area contributed by atoms with E-state index in [1.165, 1.54) is 6.07 Å². The Morgan fingerprint density at radius 2 is 2.00 bits per heavy atom. The Labute approximate surface area is 144 Å². The monoisotopic (exact) mass is 346 g/mol. The van der Waals surface area contributed by atoms with Crippen LogP contribution in [0.4, 0.5) is 0 Å². The molecule has 3 rings (SSSR count). The predicted molar refractivity (Wildman–Crippen MR) is 93.2 cm³/mol. The number of halogens is 1. The highest BCUT2D eigenvalue weighted by Gasteiger charge is 2.11. The number of aromatic nitrogens is 3. The molecule has 0 spiro atoms. The molecule has 1 atom stereocenters. The van der Waals surface area contributed by atoms with E-state index >= 15 is 0 Å². The second-order valence-electron chi connectivity index (χ2n) is 5.82. The Morgan fingerprint density at radius 1 is 1.25 bits per heavy atom. The Balaban J connectivity index is 1.83. The number of fused-ring (bicyclic) bond motifs is 1. The van der Waals surface area contributed by atoms with Crippen molar-refractivity contribution in [2.24, 2.45) is 0 Å². The molecule has 1 aromatic carbocycles. The number of hydrogen-bond donors (Lipinski definition) is 1. The number of nitrogens with one attached hydrogen (secondary N) is 1. The van der Waals surface area contributed by atoms with Crippen molar-refractivity contribution in [3.63, 3.8) is 0 Å². The molecule has 7 heteroatoms. The van der Waals surface area contributed by atoms with Crippen LogP contribution in [0.3, 0.4) is 0 Å². The molecule has 2 heterocycles. The molecular weight excluding hydrogens is 328 g/mol. The Hall–Kier alpha value is -2.18. The maximum Gasteiger partial charge on any atom is 0.336 e. The molecule has 3 aromatic rings. The van der Waals surface area contributed by atoms with Crippen molar-refractivity contribution in [3.05, 3.63) is 57.4 Å². The Morgan fingerprint density at radius 3 is 2.71 bits per heavy atom. The normalized spacial score (nSPS) is 12.6. The minimum Gasteiger partial charge on any atom is -0.423 e. The maximum absolute atomic E-state index is 11.8. The Kier molecular flexibility index (Phi) is 4.97. The van der Waals surface area contributed by atoms with Crippen molar-refractivity contribution in [3.8, 4) is 0 Å². The number of nitrogens with zero attached hydrogens (tertiary/aromatic N) is 3. The van der Waals surface area contributed by atoms with E-state index < -0.39 is 0 Å². The van der Waals surface area contributed by atoms with E-state index in [0.29, 0.717) is 17.2 Å². The third kappa shape index (κ3) is 3.66. The molecule has 0 saturated carbocycles. The summed E-state index contributed by atoms with van der Waals surface area (Å²) in [5.74, 6) is 0. The fraction of sp³-hybridized carbons (Fsp3) is 0.353. The van der Waals surface area contributed by atoms with Crippen LogP contribution in [-0.4, -0.2) is 20.8 Å². The molecule has 0 aliphatic rings. The lowest BCUT2D eigenvalue weighted by Gasteiger charge is -2.15. The van der Waals surface area contributed by atoms with E-state index in [-0.39, 0.29) is 11.7 Å². The van der Waals surface area contributed by atoms with E-state index in [0.717, 1.165) is 29.5 Å². The van der Waals surface area contributed by atoms with Crippen LogP contribution in [0.5, 0.6) is 0 Å². The molecule has 0 aliphatic carbocycles. The standard InChI is InChI=1S/C17H19ClN4O2/c1-3-12-4-16-14(6-15(12)18)13(5-17(23)24-16)7-19-11(2)8-22-9-20-21-10-22/h4-6,9-11,19H,3,7-8H2,1-2H3. The molecule has 0 bridgehead atoms. The third-order valence-corrected chi connectivity index (χ3v) is 4.32. The van der Waals surface area contributed by atoms with Gasteiger partial charge >= 0.3 is 5.63 Å². The van der Waals surface area contributed by atoms with E-state index in [4.69, 9.17) is 16.0 Å². The predicted octanol–water partition coefficient (Wildman–Crippen LogP) is 2.78. The molecule has 0 aliphatic heterocycles. The van der Waals surface area contributed by atoms with Crippen molar-refractivity contribution >= 4 is 22.6 Å². The molecule has 0 amide bonds. The van der Waals surface area contributed by atoms with Crippen LogP contribution in [0.25, 0.3) is 11.0 Å². The summed E-state index contributed by atoms with van der Waals surface area (Å²) in [6, 6.07) is 5.43. The minimum atomic E-state index is -0.352. The first-order chi connectivity index (χ1) is 11.6. The summed E-state index contributed by atoms with van der Waals surface area (Å²) >= 11 is 6.32. The Bertz CT molecular complexity index is 889. The highest BCUT2D eigenvalue weighted by molar-refractivity contribution is 6.32. The molecule has 2 aromatic heterocycles. The van der Waals surface area contributed by atoms with Gasteiger partial charge in [0.05, 0.1) is 0 Å². The number of benzene rings is 1. The molecule has 0 fully saturated rings. The van der Waals surface area contributed by atoms with Gasteiger partial charge in [0.1, 0.15) is 18.2 Å². The second kappa shape index (κ2) is 7.15. The van der Waals surface area contributed by atoms with Gasteiger partial charge in [-0.1, -0.05) is 18.5 Å². The lowest BCUT2D eigenvalue weighted by Crippen LogP contribution is -2.30. The van der Waals surface area contributed by atoms with Crippen LogP contribution < -0.4 is 10.9 Å². The third-order valence-electron chi connectivity index (χ3n) is 3.97. The second-order valence-corrected chi connectivity index (χ2v) is 6.23. The van der Waals surface area contributed by atoms with E-state index in [9.17, 15) is 4.79 Å². The molecule has 1 N–H and O–H groups in total. The minimum absolute atomic E-state index is 0.189. The van der Waals surface area contributed by atoms with Crippen molar-refractivity contribution in [2.45, 2.75) is 39.4 Å². The summed E-state index contributed by atoms with van der Waals surface area (Å²) in [6.07, 6.45) is 4.14. The smallest absolute Gasteiger partial charge is 0.336 e. The van der Waals surface area contributed by atoms with Crippen LogP contribution in [-0.2, 0) is 19.5 Å². The highest BCUT2D eigenvalue weighted by Crippen LogP contribution is 2.26. The van der Waals surface area contributed by atoms with Gasteiger partial charge in [-0.2, -0.15) is 0 Å². The van der Waals surface area contributed by atoms with Crippen molar-refractivity contribution in [1.82, 2.24) is 20.1 Å². The zero-order valence-electron chi connectivity index (χ0n) is 13.6. The first-order valence-electron chi connectivity index (χ1n) is 7.87. The van der Waals surface area contributed by atoms with Crippen LogP contribution in [0.1, 0.15) is 25.0 Å². The zero-order chi connectivity index (χ0) is 17.1. The highest BCUT2D eigenvalue weighted by atomic mass is 35.5. The number of rotatable bonds is 6. The molecule has 0 saturated heterocycles. The van der Waals surface area contributed by atoms with Gasteiger partial charge in [-0.25, -0.2) is 4.79 Å². The van der Waals surface area contributed by atoms with Crippen LogP contribution in [0, 0.1) is 0 Å². The van der Waals surface area contributed by atoms with Gasteiger partial charge in [0, 0.05) is 35.6 Å². The topological polar surface area (TPSA) is 73.0 Å². The summed E-state index contributed by atoms with van der Waals surface area (Å²) in [5.41, 5.74) is 2.07. The molecule has 24 heavy (non-hydrogen) atoms. The van der Waals surface area contributed by atoms with Crippen LogP contribution in [0.15, 0.2) is 40.1 Å². The van der Waals surface area contributed by atoms with Gasteiger partial charge in [0.25, 0.3) is 0 Å². The van der Waals surface area contributed by atoms with Crippen molar-refractivity contribution in [2.75, 3.05) is 0 Å². The number of hydrogen-bond acceptors (Lipinski definition) is 5. The van der Waals surface area contributed by atoms with Crippen molar-refractivity contribution in [1.29, 1.82) is 0 Å². The van der Waals surface area contributed by atoms with Gasteiger partial charge in [-0.15, -0.1) is 10.2 Å². The average molecular weight is 347 g/mol. The average Bonchev–Trinajstić information content (AvgIpc) is 3.05. The summed E-state index contributed by atoms with van der Waals surface area (Å²) in [6.45, 7) is 5.37. The van der Waals surface area contributed by atoms with Crippen molar-refractivity contribution < 1.29 is 4.42 Å². The molecule has 6 nitrogen and oxygen atoms in total. The summed E-state index contributed by atoms with van der Waals surface area (Å²) in [5, 5.41) is 12.5. The van der Waals surface area contributed by atoms with Crippen LogP contribution >= 0.6 is 11.6 Å². The van der Waals surface area contributed by atoms with Gasteiger partial charge in [-0.05, 0) is 36.6 Å². The lowest BCUT2D eigenvalue weighted by atomic mass is 10.1. The van der Waals surface area contributed by atoms with Gasteiger partial charge in [-0.3, -0.25) is 0 Å². The maximum atomic E-state index is 11.8. The summed E-state index contributed by atoms with van der Waals surface area (Å²) in [4.78, 5) is 11.8. The first kappa shape index (κ1) is 16.7. The summed E-state index contributed by atoms with van der Waals surface area (Å²) < 4.78 is 7.23. The molecule has 126 valence electrons. The van der Waals surface area contributed by atoms with E-state index in [1.54, 1.807) is 12.7 Å². The van der Waals surface area contributed by atoms with Crippen LogP contribution in [0.2, 0.25) is 5.02 Å². The number of aryl methyl sites for hydroxylation is 1. The van der Waals surface area contributed by atoms with Gasteiger partial charge in [0.15, 0.2) is 0 Å². The fourth-order valence-electron chi connectivity index (χ4n) is 2.69. The first-order valence-corrected chi connectivity index (χ1v) is 8.25. The summed E-state index contributed by atoms with van der Waals surface area (Å²) in [7, 11) is 0. The molecule has 1 unspecified atom stereocenters. The quantitative estimate of drug-likeness (QED) is 0.695. The molecular formula is C17H19ClN4O2. The SMILES string of the molecule is CCc1cc2oc(=O)cc(CNC(C)Cn3cnnc3)c2cc1Cl.